The van der Waals surface area contributed by atoms with Crippen molar-refractivity contribution >= 4 is 23.0 Å². The van der Waals surface area contributed by atoms with E-state index in [4.69, 9.17) is 15.2 Å². The maximum atomic E-state index is 5.92. The molecule has 5 nitrogen and oxygen atoms in total. The second-order valence-electron chi connectivity index (χ2n) is 4.99. The number of aliphatic imine (C=N–C) groups is 1. The van der Waals surface area contributed by atoms with Gasteiger partial charge in [0.25, 0.3) is 0 Å². The molecular weight excluding hydrogens is 298 g/mol. The van der Waals surface area contributed by atoms with Gasteiger partial charge in [0.05, 0.1) is 13.2 Å². The van der Waals surface area contributed by atoms with E-state index in [0.29, 0.717) is 25.7 Å². The molecule has 3 rings (SSSR count). The second kappa shape index (κ2) is 7.17. The fraction of sp³-hybridized carbons (Fsp3) is 0.312. The summed E-state index contributed by atoms with van der Waals surface area (Å²) in [5.74, 6) is 1.93. The third kappa shape index (κ3) is 3.92. The highest BCUT2D eigenvalue weighted by Gasteiger charge is 2.10. The fourth-order valence-corrected chi connectivity index (χ4v) is 2.87. The molecule has 1 aromatic carbocycles. The summed E-state index contributed by atoms with van der Waals surface area (Å²) < 4.78 is 11.3. The number of nitrogens with two attached hydrogens (primary N) is 1. The zero-order valence-corrected chi connectivity index (χ0v) is 13.1. The van der Waals surface area contributed by atoms with E-state index in [2.05, 4.69) is 27.1 Å². The monoisotopic (exact) mass is 317 g/mol. The number of ether oxygens (including phenoxy) is 2. The summed E-state index contributed by atoms with van der Waals surface area (Å²) in [4.78, 5) is 4.34. The van der Waals surface area contributed by atoms with Crippen LogP contribution in [0.25, 0.3) is 0 Å². The van der Waals surface area contributed by atoms with Gasteiger partial charge in [-0.3, -0.25) is 4.99 Å². The largest absolute Gasteiger partial charge is 0.490 e. The molecule has 0 atom stereocenters. The van der Waals surface area contributed by atoms with Crippen LogP contribution in [0, 0.1) is 0 Å². The molecule has 1 aromatic heterocycles. The Hall–Kier alpha value is -2.21. The van der Waals surface area contributed by atoms with E-state index in [1.165, 1.54) is 5.56 Å². The standard InChI is InChI=1S/C16H19N3O2S/c17-16(18-6-4-12-5-9-22-11-12)19-13-2-3-14-15(10-13)21-8-1-7-20-14/h2-3,5,9-11H,1,4,6-8H2,(H3,17,18,19). The van der Waals surface area contributed by atoms with Gasteiger partial charge >= 0.3 is 0 Å². The van der Waals surface area contributed by atoms with E-state index in [-0.39, 0.29) is 0 Å². The topological polar surface area (TPSA) is 68.9 Å². The van der Waals surface area contributed by atoms with Gasteiger partial charge in [-0.15, -0.1) is 0 Å². The average Bonchev–Trinajstić information content (AvgIpc) is 2.91. The Morgan fingerprint density at radius 1 is 1.23 bits per heavy atom. The number of fused-ring (bicyclic) bond motifs is 1. The lowest BCUT2D eigenvalue weighted by atomic mass is 10.2. The normalized spacial score (nSPS) is 14.5. The molecule has 1 aliphatic rings. The van der Waals surface area contributed by atoms with E-state index >= 15 is 0 Å². The van der Waals surface area contributed by atoms with Crippen molar-refractivity contribution in [2.24, 2.45) is 10.7 Å². The number of nitrogens with zero attached hydrogens (tertiary/aromatic N) is 1. The number of thiophene rings is 1. The first-order valence-electron chi connectivity index (χ1n) is 7.29. The molecule has 0 spiro atoms. The predicted molar refractivity (Wildman–Crippen MR) is 90.2 cm³/mol. The van der Waals surface area contributed by atoms with Crippen LogP contribution in [0.3, 0.4) is 0 Å². The molecule has 0 radical (unpaired) electrons. The van der Waals surface area contributed by atoms with Crippen molar-refractivity contribution in [1.82, 2.24) is 0 Å². The van der Waals surface area contributed by atoms with Gasteiger partial charge in [0, 0.05) is 24.7 Å². The molecule has 22 heavy (non-hydrogen) atoms. The fourth-order valence-electron chi connectivity index (χ4n) is 2.17. The van der Waals surface area contributed by atoms with Crippen molar-refractivity contribution in [1.29, 1.82) is 0 Å². The maximum absolute atomic E-state index is 5.92. The van der Waals surface area contributed by atoms with Crippen LogP contribution >= 0.6 is 11.3 Å². The van der Waals surface area contributed by atoms with Crippen molar-refractivity contribution in [3.05, 3.63) is 40.6 Å². The van der Waals surface area contributed by atoms with Gasteiger partial charge in [0.1, 0.15) is 0 Å². The summed E-state index contributed by atoms with van der Waals surface area (Å²) in [5, 5.41) is 7.28. The minimum atomic E-state index is 0.407. The zero-order valence-electron chi connectivity index (χ0n) is 12.2. The van der Waals surface area contributed by atoms with E-state index < -0.39 is 0 Å². The van der Waals surface area contributed by atoms with Crippen LogP contribution in [0.5, 0.6) is 11.5 Å². The summed E-state index contributed by atoms with van der Waals surface area (Å²) in [6, 6.07) is 7.80. The number of hydrogen-bond acceptors (Lipinski definition) is 4. The Bertz CT molecular complexity index is 641. The van der Waals surface area contributed by atoms with Gasteiger partial charge < -0.3 is 20.5 Å². The highest BCUT2D eigenvalue weighted by atomic mass is 32.1. The van der Waals surface area contributed by atoms with Gasteiger partial charge in [-0.2, -0.15) is 11.3 Å². The van der Waals surface area contributed by atoms with Crippen LogP contribution in [0.2, 0.25) is 0 Å². The third-order valence-corrected chi connectivity index (χ3v) is 4.01. The molecule has 0 saturated heterocycles. The molecule has 0 aliphatic carbocycles. The molecular formula is C16H19N3O2S. The summed E-state index contributed by atoms with van der Waals surface area (Å²) in [5.41, 5.74) is 8.06. The van der Waals surface area contributed by atoms with E-state index in [1.54, 1.807) is 11.3 Å². The SMILES string of the molecule is NC(=NCCc1ccsc1)Nc1ccc2c(c1)OCCCO2. The Morgan fingerprint density at radius 2 is 2.09 bits per heavy atom. The molecule has 0 amide bonds. The maximum Gasteiger partial charge on any atom is 0.193 e. The molecule has 0 saturated carbocycles. The zero-order chi connectivity index (χ0) is 15.2. The highest BCUT2D eigenvalue weighted by Crippen LogP contribution is 2.32. The lowest BCUT2D eigenvalue weighted by Gasteiger charge is -2.10. The predicted octanol–water partition coefficient (Wildman–Crippen LogP) is 2.88. The van der Waals surface area contributed by atoms with Gasteiger partial charge in [-0.25, -0.2) is 0 Å². The molecule has 0 fully saturated rings. The van der Waals surface area contributed by atoms with E-state index in [9.17, 15) is 0 Å². The first kappa shape index (κ1) is 14.7. The van der Waals surface area contributed by atoms with Gasteiger partial charge in [0.15, 0.2) is 17.5 Å². The number of guanidine groups is 1. The molecule has 0 bridgehead atoms. The van der Waals surface area contributed by atoms with Crippen LogP contribution in [0.4, 0.5) is 5.69 Å². The number of nitrogens with one attached hydrogen (secondary N) is 1. The minimum Gasteiger partial charge on any atom is -0.490 e. The molecule has 2 aromatic rings. The number of benzene rings is 1. The number of anilines is 1. The van der Waals surface area contributed by atoms with Crippen molar-refractivity contribution < 1.29 is 9.47 Å². The Kier molecular flexibility index (Phi) is 4.80. The molecule has 6 heteroatoms. The lowest BCUT2D eigenvalue weighted by Crippen LogP contribution is -2.23. The van der Waals surface area contributed by atoms with Crippen LogP contribution < -0.4 is 20.5 Å². The summed E-state index contributed by atoms with van der Waals surface area (Å²) in [6.45, 7) is 2.02. The highest BCUT2D eigenvalue weighted by molar-refractivity contribution is 7.07. The quantitative estimate of drug-likeness (QED) is 0.672. The lowest BCUT2D eigenvalue weighted by molar-refractivity contribution is 0.297. The van der Waals surface area contributed by atoms with Crippen LogP contribution in [-0.4, -0.2) is 25.7 Å². The molecule has 1 aliphatic heterocycles. The van der Waals surface area contributed by atoms with Crippen molar-refractivity contribution in [2.45, 2.75) is 12.8 Å². The summed E-state index contributed by atoms with van der Waals surface area (Å²) in [7, 11) is 0. The van der Waals surface area contributed by atoms with Gasteiger partial charge in [-0.05, 0) is 40.9 Å². The minimum absolute atomic E-state index is 0.407. The summed E-state index contributed by atoms with van der Waals surface area (Å²) in [6.07, 6.45) is 1.79. The average molecular weight is 317 g/mol. The van der Waals surface area contributed by atoms with Crippen LogP contribution in [0.1, 0.15) is 12.0 Å². The smallest absolute Gasteiger partial charge is 0.193 e. The van der Waals surface area contributed by atoms with Crippen molar-refractivity contribution in [3.63, 3.8) is 0 Å². The van der Waals surface area contributed by atoms with E-state index in [1.807, 2.05) is 18.2 Å². The van der Waals surface area contributed by atoms with E-state index in [0.717, 1.165) is 30.0 Å². The molecule has 2 heterocycles. The Morgan fingerprint density at radius 3 is 2.91 bits per heavy atom. The first-order chi connectivity index (χ1) is 10.8. The number of rotatable bonds is 4. The van der Waals surface area contributed by atoms with Gasteiger partial charge in [0.2, 0.25) is 0 Å². The Balaban J connectivity index is 1.58. The Labute approximate surface area is 133 Å². The molecule has 116 valence electrons. The third-order valence-electron chi connectivity index (χ3n) is 3.28. The van der Waals surface area contributed by atoms with Gasteiger partial charge in [-0.1, -0.05) is 0 Å². The number of hydrogen-bond donors (Lipinski definition) is 2. The van der Waals surface area contributed by atoms with Crippen molar-refractivity contribution in [3.8, 4) is 11.5 Å². The molecule has 0 unspecified atom stereocenters. The second-order valence-corrected chi connectivity index (χ2v) is 5.77. The van der Waals surface area contributed by atoms with Crippen LogP contribution in [-0.2, 0) is 6.42 Å². The van der Waals surface area contributed by atoms with Crippen LogP contribution in [0.15, 0.2) is 40.0 Å². The van der Waals surface area contributed by atoms with Crippen molar-refractivity contribution in [2.75, 3.05) is 25.1 Å². The first-order valence-corrected chi connectivity index (χ1v) is 8.23. The summed E-state index contributed by atoms with van der Waals surface area (Å²) >= 11 is 1.69. The molecule has 3 N–H and O–H groups in total.